The van der Waals surface area contributed by atoms with Crippen molar-refractivity contribution >= 4 is 88.0 Å². The largest absolute Gasteiger partial charge is 0.540 e. The molecule has 6 aliphatic heterocycles. The molecule has 3 aliphatic carbocycles. The van der Waals surface area contributed by atoms with Crippen molar-refractivity contribution in [2.75, 3.05) is 19.6 Å². The molecular formula is C93H121F6N12O15V3-3. The van der Waals surface area contributed by atoms with E-state index in [1.165, 1.54) is 14.7 Å². The molecule has 0 spiro atoms. The monoisotopic (exact) mass is 1910 g/mol. The molecule has 18 atom stereocenters. The van der Waals surface area contributed by atoms with E-state index in [2.05, 4.69) is 45.9 Å². The molecule has 3 aromatic carbocycles. The molecule has 27 nitrogen and oxygen atoms in total. The molecule has 6 bridgehead atoms. The number of nitrogens with zero attached hydrogens (tertiary/aromatic N) is 9. The summed E-state index contributed by atoms with van der Waals surface area (Å²) in [5.74, 6) is -14.1. The van der Waals surface area contributed by atoms with Gasteiger partial charge in [-0.3, -0.25) is 14.4 Å². The summed E-state index contributed by atoms with van der Waals surface area (Å²) in [6.07, 6.45) is 8.95. The van der Waals surface area contributed by atoms with E-state index in [9.17, 15) is 43.2 Å². The van der Waals surface area contributed by atoms with Gasteiger partial charge in [0, 0.05) is 83.7 Å². The Bertz CT molecular complexity index is 5070. The van der Waals surface area contributed by atoms with Crippen LogP contribution in [0.1, 0.15) is 239 Å². The van der Waals surface area contributed by atoms with Gasteiger partial charge in [0.1, 0.15) is 53.7 Å². The molecule has 3 saturated carbocycles. The maximum Gasteiger partial charge on any atom is 0.408 e. The van der Waals surface area contributed by atoms with Crippen molar-refractivity contribution in [3.63, 3.8) is 0 Å². The number of hydrogen-bond donors (Lipinski definition) is 3. The number of halogens is 6. The van der Waals surface area contributed by atoms with Gasteiger partial charge in [0.15, 0.2) is 17.1 Å². The average molecular weight is 1910 g/mol. The topological polar surface area (TPSA) is 332 Å². The average Bonchev–Trinajstić information content (AvgIpc) is 1.60. The third kappa shape index (κ3) is 22.9. The van der Waals surface area contributed by atoms with Crippen LogP contribution in [-0.4, -0.2) is 191 Å². The molecule has 3 N–H and O–H groups in total. The van der Waals surface area contributed by atoms with Crippen LogP contribution in [0, 0.1) is 51.8 Å². The van der Waals surface area contributed by atoms with Crippen molar-refractivity contribution in [3.8, 4) is 17.6 Å². The third-order valence-corrected chi connectivity index (χ3v) is 27.0. The zero-order valence-corrected chi connectivity index (χ0v) is 79.7. The van der Waals surface area contributed by atoms with Gasteiger partial charge in [-0.05, 0) is 180 Å². The molecule has 3 radical (unpaired) electrons. The second kappa shape index (κ2) is 41.0. The molecule has 9 heterocycles. The number of hydrogen-bond acceptors (Lipinski definition) is 21. The maximum absolute atomic E-state index is 15.9. The Labute approximate surface area is 787 Å². The van der Waals surface area contributed by atoms with Gasteiger partial charge in [-0.15, -0.1) is 0 Å². The fourth-order valence-corrected chi connectivity index (χ4v) is 19.1. The van der Waals surface area contributed by atoms with E-state index in [4.69, 9.17) is 28.4 Å². The standard InChI is InChI=1S/C32H41F2N4O5.C31H39F2N4O5.C30H37F2N4O5.3V.2H2/c1-19-23(18-39)38-17-24(19)42-27-25(35-21-13-6-7-14-22(21)36-27)32(33,34)16-9-8-11-20-12-10-15-31(20,5)43-29(41)37-26(28(38)40)30(2,3)4;1-18-22(17-38)37-16-24(18)41-27-25(34-20-12-5-6-13-21(20)35-27)31(32,33)15-8-7-10-19-11-9-14-23(19)42-29(40)36-26(28(37)39)30(2,3)4;1-17-21(16-37)36-15-22(17)40-25-23(33-19-11-6-7-12-20(19)34-25)30(31,32)13-9-8-10-18-14-29(18,5)41-27(39)35-24(26(36)38)28(2,3)4;;;;;/h6-7,13-14,19-20,23-24,26H,8-12,15-17H2,1-5H3,(H,37,41);5-6,12-13,18-19,22-24,26H,7-11,14-16H2,1-4H3,(H,36,40);6-7,11-12,17-18,21-22,24H,8-10,13-15H2,1-5H3,(H,35,39);;;;2*1H/q3*-1;;;;;/t19-,20+,23+,24-,26+,31+;18-,19+,22+,23+,24-,26+;17-,18+,21+,22-,24+,29+;;;;;/m000...../s1. The van der Waals surface area contributed by atoms with E-state index < -0.39 is 190 Å². The van der Waals surface area contributed by atoms with Crippen molar-refractivity contribution in [3.05, 3.63) is 89.9 Å². The number of nitrogens with one attached hydrogen (secondary N) is 3. The van der Waals surface area contributed by atoms with Gasteiger partial charge in [-0.2, -0.15) is 26.3 Å². The number of benzene rings is 3. The summed E-state index contributed by atoms with van der Waals surface area (Å²) >= 11 is 0. The second-order valence-corrected chi connectivity index (χ2v) is 39.5. The summed E-state index contributed by atoms with van der Waals surface area (Å²) in [4.78, 5) is 148. The fourth-order valence-electron chi connectivity index (χ4n) is 19.1. The summed E-state index contributed by atoms with van der Waals surface area (Å²) in [5, 5.41) is 8.30. The van der Waals surface area contributed by atoms with Crippen LogP contribution < -0.4 is 30.2 Å². The Balaban J connectivity index is 0.000000238. The van der Waals surface area contributed by atoms with Crippen LogP contribution in [-0.2, 0) is 116 Å². The summed E-state index contributed by atoms with van der Waals surface area (Å²) < 4.78 is 131. The van der Waals surface area contributed by atoms with Gasteiger partial charge >= 0.3 is 18.3 Å². The van der Waals surface area contributed by atoms with E-state index >= 15 is 26.3 Å². The molecule has 6 fully saturated rings. The summed E-state index contributed by atoms with van der Waals surface area (Å²) in [6, 6.07) is 14.1. The van der Waals surface area contributed by atoms with E-state index in [0.29, 0.717) is 90.9 Å². The van der Waals surface area contributed by atoms with Crippen LogP contribution in [0.3, 0.4) is 0 Å². The van der Waals surface area contributed by atoms with Crippen molar-refractivity contribution in [1.29, 1.82) is 0 Å². The van der Waals surface area contributed by atoms with Crippen LogP contribution in [0.2, 0.25) is 0 Å². The Morgan fingerprint density at radius 2 is 0.682 bits per heavy atom. The third-order valence-electron chi connectivity index (χ3n) is 27.0. The zero-order valence-electron chi connectivity index (χ0n) is 75.5. The normalized spacial score (nSPS) is 31.0. The molecule has 703 valence electrons. The zero-order chi connectivity index (χ0) is 91.1. The van der Waals surface area contributed by atoms with Crippen molar-refractivity contribution in [2.24, 2.45) is 51.8 Å². The first-order valence-corrected chi connectivity index (χ1v) is 44.3. The number of alkyl halides is 6. The number of amides is 6. The SMILES string of the molecule is C[C@@H]1[C@@H]2CN(C(=O)[C@H](C(C)(C)C)NC(=O)O[C@@H]3CCC[C@H]3CCCCC(F)(F)c3nc4ccccc4nc3O2)[C@@H]1[C-]=O.C[C@@H]1[C@@H]2CN(C(=O)[C@H](C(C)(C)C)NC(=O)O[C@]3(C)CCC[C@H]3CCCCC(F)(F)c3nc4ccccc4nc3O2)[C@@H]1[C-]=O.C[C@@H]1[C@@H]2CN(C(=O)[C@H](C(C)(C)C)NC(=O)O[C@]3(C)C[C@H]3CCCCC(F)(F)c3nc4ccccc4nc3O2)[C@@H]1[C-]=O.[HH].[HH].[V].[V].[V]. The molecule has 3 aromatic heterocycles. The van der Waals surface area contributed by atoms with E-state index in [1.807, 2.05) is 74.2 Å². The summed E-state index contributed by atoms with van der Waals surface area (Å²) in [5.41, 5.74) is -3.18. The number of ether oxygens (including phenoxy) is 6. The van der Waals surface area contributed by atoms with Crippen molar-refractivity contribution in [1.82, 2.24) is 60.6 Å². The number of carbonyl (C=O) groups excluding carboxylic acids is 9. The molecule has 6 aromatic rings. The molecule has 129 heavy (non-hydrogen) atoms. The Morgan fingerprint density at radius 1 is 0.380 bits per heavy atom. The molecule has 3 saturated heterocycles. The molecule has 36 heteroatoms. The van der Waals surface area contributed by atoms with E-state index in [-0.39, 0.29) is 139 Å². The van der Waals surface area contributed by atoms with E-state index in [1.54, 1.807) is 114 Å². The number of rotatable bonds is 3. The van der Waals surface area contributed by atoms with Gasteiger partial charge in [0.2, 0.25) is 35.4 Å². The minimum absolute atomic E-state index is 0. The predicted octanol–water partition coefficient (Wildman–Crippen LogP) is 16.4. The van der Waals surface area contributed by atoms with Crippen LogP contribution in [0.15, 0.2) is 72.8 Å². The van der Waals surface area contributed by atoms with Gasteiger partial charge in [0.05, 0.1) is 52.7 Å². The number of alkyl carbamates (subject to hydrolysis) is 3. The van der Waals surface area contributed by atoms with Crippen LogP contribution >= 0.6 is 0 Å². The quantitative estimate of drug-likeness (QED) is 0.0842. The Kier molecular flexibility index (Phi) is 32.7. The van der Waals surface area contributed by atoms with Crippen LogP contribution in [0.5, 0.6) is 17.6 Å². The number of aromatic nitrogens is 6. The van der Waals surface area contributed by atoms with Crippen molar-refractivity contribution < 1.29 is 156 Å². The van der Waals surface area contributed by atoms with Gasteiger partial charge in [-0.25, -0.2) is 63.1 Å². The van der Waals surface area contributed by atoms with Crippen molar-refractivity contribution in [2.45, 2.75) is 309 Å². The number of fused-ring (bicyclic) bond motifs is 15. The van der Waals surface area contributed by atoms with Gasteiger partial charge in [0.25, 0.3) is 17.8 Å². The number of carbonyl (C=O) groups is 6. The molecule has 0 unspecified atom stereocenters. The molecule has 6 amide bonds. The first-order chi connectivity index (χ1) is 59.3. The van der Waals surface area contributed by atoms with Crippen LogP contribution in [0.4, 0.5) is 40.7 Å². The van der Waals surface area contributed by atoms with Crippen LogP contribution in [0.25, 0.3) is 33.1 Å². The first-order valence-electron chi connectivity index (χ1n) is 44.3. The minimum Gasteiger partial charge on any atom is -0.540 e. The van der Waals surface area contributed by atoms with Gasteiger partial charge in [-0.1, -0.05) is 157 Å². The molecule has 15 rings (SSSR count). The first kappa shape index (κ1) is 103. The maximum atomic E-state index is 15.9. The minimum atomic E-state index is -3.34. The summed E-state index contributed by atoms with van der Waals surface area (Å²) in [6.45, 7) is 24.8. The predicted molar refractivity (Wildman–Crippen MR) is 456 cm³/mol. The Morgan fingerprint density at radius 3 is 1.02 bits per heavy atom. The number of para-hydroxylation sites is 6. The van der Waals surface area contributed by atoms with E-state index in [0.717, 1.165) is 25.7 Å². The van der Waals surface area contributed by atoms with Gasteiger partial charge < -0.3 is 73.5 Å². The summed E-state index contributed by atoms with van der Waals surface area (Å²) in [7, 11) is 0. The molecule has 9 aliphatic rings. The Hall–Kier alpha value is -8.36. The molecular weight excluding hydrogens is 1790 g/mol. The fraction of sp³-hybridized carbons (Fsp3) is 0.645. The smallest absolute Gasteiger partial charge is 0.408 e. The second-order valence-electron chi connectivity index (χ2n) is 39.5.